The number of esters is 1. The van der Waals surface area contributed by atoms with E-state index in [0.29, 0.717) is 11.9 Å². The fourth-order valence-corrected chi connectivity index (χ4v) is 3.17. The Morgan fingerprint density at radius 3 is 2.80 bits per heavy atom. The maximum atomic E-state index is 12.7. The molecule has 2 aromatic carbocycles. The Kier molecular flexibility index (Phi) is 3.72. The van der Waals surface area contributed by atoms with Gasteiger partial charge in [-0.25, -0.2) is 4.79 Å². The lowest BCUT2D eigenvalue weighted by Gasteiger charge is -2.21. The number of amides is 1. The third kappa shape index (κ3) is 2.65. The molecule has 3 aromatic rings. The summed E-state index contributed by atoms with van der Waals surface area (Å²) in [6, 6.07) is 15.1. The van der Waals surface area contributed by atoms with E-state index in [2.05, 4.69) is 10.2 Å². The molecule has 6 heteroatoms. The molecule has 6 nitrogen and oxygen atoms in total. The molecule has 25 heavy (non-hydrogen) atoms. The molecule has 2 heterocycles. The first-order chi connectivity index (χ1) is 12.1. The molecule has 4 rings (SSSR count). The predicted molar refractivity (Wildman–Crippen MR) is 93.5 cm³/mol. The van der Waals surface area contributed by atoms with Crippen LogP contribution in [0.1, 0.15) is 23.0 Å². The van der Waals surface area contributed by atoms with Crippen LogP contribution in [0.5, 0.6) is 0 Å². The van der Waals surface area contributed by atoms with Gasteiger partial charge >= 0.3 is 5.97 Å². The van der Waals surface area contributed by atoms with Gasteiger partial charge in [0.15, 0.2) is 11.8 Å². The van der Waals surface area contributed by atoms with E-state index in [1.165, 1.54) is 0 Å². The second kappa shape index (κ2) is 6.05. The van der Waals surface area contributed by atoms with E-state index in [1.807, 2.05) is 42.5 Å². The van der Waals surface area contributed by atoms with Gasteiger partial charge in [-0.05, 0) is 31.0 Å². The highest BCUT2D eigenvalue weighted by molar-refractivity contribution is 6.04. The van der Waals surface area contributed by atoms with E-state index in [-0.39, 0.29) is 11.6 Å². The standard InChI is InChI=1S/C19H17N3O3/c1-12(18(23)22-11-10-13-6-2-5-9-16(13)22)25-19(24)17-14-7-3-4-8-15(14)20-21-17/h2-9,12H,10-11H2,1H3,(H,20,21)/t12-/m1/s1. The maximum Gasteiger partial charge on any atom is 0.360 e. The summed E-state index contributed by atoms with van der Waals surface area (Å²) in [6.07, 6.45) is -0.0684. The highest BCUT2D eigenvalue weighted by Crippen LogP contribution is 2.28. The average molecular weight is 335 g/mol. The number of rotatable bonds is 3. The van der Waals surface area contributed by atoms with Crippen LogP contribution in [0.15, 0.2) is 48.5 Å². The smallest absolute Gasteiger partial charge is 0.360 e. The van der Waals surface area contributed by atoms with Crippen LogP contribution < -0.4 is 4.90 Å². The number of fused-ring (bicyclic) bond motifs is 2. The number of hydrogen-bond acceptors (Lipinski definition) is 4. The minimum absolute atomic E-state index is 0.192. The summed E-state index contributed by atoms with van der Waals surface area (Å²) in [7, 11) is 0. The van der Waals surface area contributed by atoms with Crippen molar-refractivity contribution in [3.05, 3.63) is 59.8 Å². The lowest BCUT2D eigenvalue weighted by atomic mass is 10.2. The molecule has 0 saturated heterocycles. The minimum atomic E-state index is -0.880. The number of carbonyl (C=O) groups excluding carboxylic acids is 2. The number of ether oxygens (including phenoxy) is 1. The van der Waals surface area contributed by atoms with Crippen molar-refractivity contribution in [1.29, 1.82) is 0 Å². The molecule has 1 aliphatic heterocycles. The van der Waals surface area contributed by atoms with Crippen molar-refractivity contribution in [2.24, 2.45) is 0 Å². The highest BCUT2D eigenvalue weighted by Gasteiger charge is 2.30. The first-order valence-electron chi connectivity index (χ1n) is 8.18. The zero-order valence-electron chi connectivity index (χ0n) is 13.7. The molecule has 1 N–H and O–H groups in total. The van der Waals surface area contributed by atoms with E-state index in [9.17, 15) is 9.59 Å². The fraction of sp³-hybridized carbons (Fsp3) is 0.211. The Morgan fingerprint density at radius 2 is 1.92 bits per heavy atom. The van der Waals surface area contributed by atoms with Crippen molar-refractivity contribution in [3.8, 4) is 0 Å². The summed E-state index contributed by atoms with van der Waals surface area (Å²) in [4.78, 5) is 26.8. The molecule has 1 aromatic heterocycles. The van der Waals surface area contributed by atoms with Gasteiger partial charge in [0.2, 0.25) is 0 Å². The third-order valence-electron chi connectivity index (χ3n) is 4.45. The number of aromatic amines is 1. The van der Waals surface area contributed by atoms with E-state index in [4.69, 9.17) is 4.74 Å². The second-order valence-corrected chi connectivity index (χ2v) is 6.03. The monoisotopic (exact) mass is 335 g/mol. The Morgan fingerprint density at radius 1 is 1.16 bits per heavy atom. The summed E-state index contributed by atoms with van der Waals surface area (Å²) in [5, 5.41) is 7.49. The van der Waals surface area contributed by atoms with E-state index in [1.54, 1.807) is 17.9 Å². The van der Waals surface area contributed by atoms with Gasteiger partial charge in [0.25, 0.3) is 5.91 Å². The molecule has 0 saturated carbocycles. The molecule has 1 aliphatic rings. The first kappa shape index (κ1) is 15.4. The van der Waals surface area contributed by atoms with Gasteiger partial charge in [-0.1, -0.05) is 36.4 Å². The SMILES string of the molecule is C[C@@H](OC(=O)c1n[nH]c2ccccc12)C(=O)N1CCc2ccccc21. The summed E-state index contributed by atoms with van der Waals surface area (Å²) >= 11 is 0. The highest BCUT2D eigenvalue weighted by atomic mass is 16.5. The van der Waals surface area contributed by atoms with Crippen LogP contribution in [0.25, 0.3) is 10.9 Å². The Balaban J connectivity index is 1.51. The Labute approximate surface area is 144 Å². The summed E-state index contributed by atoms with van der Waals surface area (Å²) in [5.74, 6) is -0.830. The summed E-state index contributed by atoms with van der Waals surface area (Å²) in [6.45, 7) is 2.20. The zero-order valence-corrected chi connectivity index (χ0v) is 13.7. The minimum Gasteiger partial charge on any atom is -0.448 e. The molecule has 0 spiro atoms. The van der Waals surface area contributed by atoms with Crippen molar-refractivity contribution < 1.29 is 14.3 Å². The average Bonchev–Trinajstić information content (AvgIpc) is 3.25. The maximum absolute atomic E-state index is 12.7. The number of aromatic nitrogens is 2. The van der Waals surface area contributed by atoms with Crippen LogP contribution in [0.2, 0.25) is 0 Å². The van der Waals surface area contributed by atoms with Gasteiger partial charge in [-0.2, -0.15) is 5.10 Å². The number of para-hydroxylation sites is 2. The largest absolute Gasteiger partial charge is 0.448 e. The van der Waals surface area contributed by atoms with Crippen molar-refractivity contribution in [3.63, 3.8) is 0 Å². The zero-order chi connectivity index (χ0) is 17.4. The molecule has 1 amide bonds. The van der Waals surface area contributed by atoms with Gasteiger partial charge in [-0.15, -0.1) is 0 Å². The Hall–Kier alpha value is -3.15. The second-order valence-electron chi connectivity index (χ2n) is 6.03. The number of anilines is 1. The molecule has 1 atom stereocenters. The molecule has 0 unspecified atom stereocenters. The Bertz CT molecular complexity index is 963. The van der Waals surface area contributed by atoms with Crippen LogP contribution >= 0.6 is 0 Å². The van der Waals surface area contributed by atoms with Crippen LogP contribution in [0, 0.1) is 0 Å². The number of H-pyrrole nitrogens is 1. The normalized spacial score (nSPS) is 14.4. The van der Waals surface area contributed by atoms with Crippen LogP contribution in [0.4, 0.5) is 5.69 Å². The van der Waals surface area contributed by atoms with E-state index >= 15 is 0 Å². The molecule has 126 valence electrons. The number of carbonyl (C=O) groups is 2. The quantitative estimate of drug-likeness (QED) is 0.747. The van der Waals surface area contributed by atoms with E-state index in [0.717, 1.165) is 23.2 Å². The van der Waals surface area contributed by atoms with Gasteiger partial charge in [-0.3, -0.25) is 9.89 Å². The molecule has 0 fully saturated rings. The predicted octanol–water partition coefficient (Wildman–Crippen LogP) is 2.70. The van der Waals surface area contributed by atoms with Crippen molar-refractivity contribution in [2.75, 3.05) is 11.4 Å². The van der Waals surface area contributed by atoms with E-state index < -0.39 is 12.1 Å². The van der Waals surface area contributed by atoms with Crippen molar-refractivity contribution >= 4 is 28.5 Å². The van der Waals surface area contributed by atoms with Crippen LogP contribution in [0.3, 0.4) is 0 Å². The number of nitrogens with one attached hydrogen (secondary N) is 1. The lowest BCUT2D eigenvalue weighted by Crippen LogP contribution is -2.39. The number of nitrogens with zero attached hydrogens (tertiary/aromatic N) is 2. The number of benzene rings is 2. The number of hydrogen-bond donors (Lipinski definition) is 1. The van der Waals surface area contributed by atoms with Crippen molar-refractivity contribution in [2.45, 2.75) is 19.4 Å². The molecule has 0 bridgehead atoms. The molecular formula is C19H17N3O3. The topological polar surface area (TPSA) is 75.3 Å². The third-order valence-corrected chi connectivity index (χ3v) is 4.45. The van der Waals surface area contributed by atoms with Crippen LogP contribution in [-0.2, 0) is 16.0 Å². The molecular weight excluding hydrogens is 318 g/mol. The fourth-order valence-electron chi connectivity index (χ4n) is 3.17. The first-order valence-corrected chi connectivity index (χ1v) is 8.18. The van der Waals surface area contributed by atoms with Gasteiger partial charge in [0.05, 0.1) is 5.52 Å². The molecule has 0 radical (unpaired) electrons. The molecule has 0 aliphatic carbocycles. The van der Waals surface area contributed by atoms with Gasteiger partial charge < -0.3 is 9.64 Å². The summed E-state index contributed by atoms with van der Waals surface area (Å²) in [5.41, 5.74) is 2.97. The van der Waals surface area contributed by atoms with Crippen molar-refractivity contribution in [1.82, 2.24) is 10.2 Å². The summed E-state index contributed by atoms with van der Waals surface area (Å²) < 4.78 is 5.38. The van der Waals surface area contributed by atoms with Gasteiger partial charge in [0, 0.05) is 17.6 Å². The lowest BCUT2D eigenvalue weighted by molar-refractivity contribution is -0.126. The van der Waals surface area contributed by atoms with Gasteiger partial charge in [0.1, 0.15) is 0 Å². The van der Waals surface area contributed by atoms with Crippen LogP contribution in [-0.4, -0.2) is 34.7 Å².